The summed E-state index contributed by atoms with van der Waals surface area (Å²) in [6, 6.07) is 3.62. The Morgan fingerprint density at radius 1 is 1.32 bits per heavy atom. The Morgan fingerprint density at radius 3 is 2.40 bits per heavy atom. The van der Waals surface area contributed by atoms with E-state index in [1.807, 2.05) is 40.7 Å². The standard InChI is InChI=1S/C18H30N2O3S.ClH/c1-12(2)14-10-16(13(3)9-15(14)23-6)24(21,22)20-8-7-17(19)18(4,5)11-20;/h9-10,12,17H,7-8,11,19H2,1-6H3;1H. The van der Waals surface area contributed by atoms with Crippen LogP contribution in [0, 0.1) is 12.3 Å². The monoisotopic (exact) mass is 390 g/mol. The van der Waals surface area contributed by atoms with E-state index in [0.717, 1.165) is 11.3 Å². The van der Waals surface area contributed by atoms with Crippen LogP contribution in [-0.4, -0.2) is 39.0 Å². The SMILES string of the molecule is COc1cc(C)c(S(=O)(=O)N2CCC(N)C(C)(C)C2)cc1C(C)C.Cl. The van der Waals surface area contributed by atoms with Crippen molar-refractivity contribution in [1.82, 2.24) is 4.31 Å². The average molecular weight is 391 g/mol. The number of nitrogens with zero attached hydrogens (tertiary/aromatic N) is 1. The van der Waals surface area contributed by atoms with E-state index in [1.165, 1.54) is 0 Å². The molecule has 0 aromatic heterocycles. The zero-order valence-electron chi connectivity index (χ0n) is 16.0. The van der Waals surface area contributed by atoms with Crippen molar-refractivity contribution in [3.8, 4) is 5.75 Å². The van der Waals surface area contributed by atoms with Crippen molar-refractivity contribution >= 4 is 22.4 Å². The highest BCUT2D eigenvalue weighted by molar-refractivity contribution is 7.89. The molecule has 0 aliphatic carbocycles. The van der Waals surface area contributed by atoms with E-state index in [9.17, 15) is 8.42 Å². The molecule has 2 N–H and O–H groups in total. The molecule has 1 aromatic carbocycles. The van der Waals surface area contributed by atoms with Crippen molar-refractivity contribution in [2.45, 2.75) is 57.9 Å². The van der Waals surface area contributed by atoms with E-state index in [0.29, 0.717) is 30.0 Å². The molecule has 0 amide bonds. The van der Waals surface area contributed by atoms with E-state index < -0.39 is 10.0 Å². The summed E-state index contributed by atoms with van der Waals surface area (Å²) in [4.78, 5) is 0.373. The van der Waals surface area contributed by atoms with Gasteiger partial charge in [-0.2, -0.15) is 4.31 Å². The Kier molecular flexibility index (Phi) is 6.95. The third-order valence-corrected chi connectivity index (χ3v) is 7.03. The minimum absolute atomic E-state index is 0. The zero-order valence-corrected chi connectivity index (χ0v) is 17.6. The van der Waals surface area contributed by atoms with Crippen LogP contribution in [0.5, 0.6) is 5.75 Å². The molecule has 1 saturated heterocycles. The Hall–Kier alpha value is -0.820. The number of halogens is 1. The maximum absolute atomic E-state index is 13.2. The van der Waals surface area contributed by atoms with Crippen molar-refractivity contribution in [3.63, 3.8) is 0 Å². The summed E-state index contributed by atoms with van der Waals surface area (Å²) in [7, 11) is -1.93. The molecule has 1 aromatic rings. The first-order valence-electron chi connectivity index (χ1n) is 8.45. The summed E-state index contributed by atoms with van der Waals surface area (Å²) in [6.45, 7) is 10.9. The number of sulfonamides is 1. The number of rotatable bonds is 4. The number of nitrogens with two attached hydrogens (primary N) is 1. The molecule has 1 atom stereocenters. The molecule has 0 spiro atoms. The van der Waals surface area contributed by atoms with Gasteiger partial charge in [0, 0.05) is 19.1 Å². The molecule has 2 rings (SSSR count). The first-order valence-corrected chi connectivity index (χ1v) is 9.89. The summed E-state index contributed by atoms with van der Waals surface area (Å²) < 4.78 is 33.4. The fourth-order valence-corrected chi connectivity index (χ4v) is 5.12. The van der Waals surface area contributed by atoms with Crippen LogP contribution in [0.1, 0.15) is 51.2 Å². The second-order valence-electron chi connectivity index (χ2n) is 7.74. The van der Waals surface area contributed by atoms with Crippen LogP contribution in [0.15, 0.2) is 17.0 Å². The highest BCUT2D eigenvalue weighted by atomic mass is 35.5. The lowest BCUT2D eigenvalue weighted by Gasteiger charge is -2.42. The summed E-state index contributed by atoms with van der Waals surface area (Å²) >= 11 is 0. The first-order chi connectivity index (χ1) is 11.0. The van der Waals surface area contributed by atoms with Gasteiger partial charge in [0.25, 0.3) is 0 Å². The first kappa shape index (κ1) is 22.2. The number of piperidine rings is 1. The largest absolute Gasteiger partial charge is 0.496 e. The Morgan fingerprint density at radius 2 is 1.92 bits per heavy atom. The van der Waals surface area contributed by atoms with Crippen LogP contribution < -0.4 is 10.5 Å². The number of ether oxygens (including phenoxy) is 1. The van der Waals surface area contributed by atoms with Crippen LogP contribution >= 0.6 is 12.4 Å². The second-order valence-corrected chi connectivity index (χ2v) is 9.64. The Labute approximate surface area is 158 Å². The van der Waals surface area contributed by atoms with Gasteiger partial charge in [-0.3, -0.25) is 0 Å². The third-order valence-electron chi connectivity index (χ3n) is 5.04. The Balaban J connectivity index is 0.00000312. The van der Waals surface area contributed by atoms with Gasteiger partial charge in [0.15, 0.2) is 0 Å². The number of benzene rings is 1. The van der Waals surface area contributed by atoms with Crippen molar-refractivity contribution in [2.24, 2.45) is 11.1 Å². The summed E-state index contributed by atoms with van der Waals surface area (Å²) in [5.41, 5.74) is 7.54. The summed E-state index contributed by atoms with van der Waals surface area (Å²) in [6.07, 6.45) is 0.679. The van der Waals surface area contributed by atoms with Gasteiger partial charge in [0.05, 0.1) is 12.0 Å². The quantitative estimate of drug-likeness (QED) is 0.856. The predicted molar refractivity (Wildman–Crippen MR) is 104 cm³/mol. The van der Waals surface area contributed by atoms with Gasteiger partial charge in [-0.15, -0.1) is 12.4 Å². The van der Waals surface area contributed by atoms with Crippen molar-refractivity contribution in [3.05, 3.63) is 23.3 Å². The molecule has 0 radical (unpaired) electrons. The summed E-state index contributed by atoms with van der Waals surface area (Å²) in [5.74, 6) is 0.920. The fourth-order valence-electron chi connectivity index (χ4n) is 3.25. The molecule has 0 saturated carbocycles. The molecule has 1 aliphatic heterocycles. The van der Waals surface area contributed by atoms with E-state index in [2.05, 4.69) is 0 Å². The normalized spacial score (nSPS) is 21.0. The van der Waals surface area contributed by atoms with Gasteiger partial charge in [-0.25, -0.2) is 8.42 Å². The highest BCUT2D eigenvalue weighted by Gasteiger charge is 2.39. The molecule has 7 heteroatoms. The van der Waals surface area contributed by atoms with Gasteiger partial charge < -0.3 is 10.5 Å². The molecule has 1 fully saturated rings. The van der Waals surface area contributed by atoms with Crippen LogP contribution in [0.4, 0.5) is 0 Å². The molecule has 1 aliphatic rings. The lowest BCUT2D eigenvalue weighted by molar-refractivity contribution is 0.155. The topological polar surface area (TPSA) is 72.6 Å². The van der Waals surface area contributed by atoms with Gasteiger partial charge in [0.1, 0.15) is 5.75 Å². The molecule has 144 valence electrons. The predicted octanol–water partition coefficient (Wildman–Crippen LogP) is 3.30. The zero-order chi connectivity index (χ0) is 18.3. The van der Waals surface area contributed by atoms with E-state index in [4.69, 9.17) is 10.5 Å². The number of hydrogen-bond donors (Lipinski definition) is 1. The molecular formula is C18H31ClN2O3S. The minimum Gasteiger partial charge on any atom is -0.496 e. The van der Waals surface area contributed by atoms with E-state index in [1.54, 1.807) is 17.5 Å². The smallest absolute Gasteiger partial charge is 0.243 e. The van der Waals surface area contributed by atoms with Gasteiger partial charge >= 0.3 is 0 Å². The van der Waals surface area contributed by atoms with Gasteiger partial charge in [0.2, 0.25) is 10.0 Å². The van der Waals surface area contributed by atoms with Crippen LogP contribution in [-0.2, 0) is 10.0 Å². The lowest BCUT2D eigenvalue weighted by Crippen LogP contribution is -2.53. The molecule has 1 unspecified atom stereocenters. The summed E-state index contributed by atoms with van der Waals surface area (Å²) in [5, 5.41) is 0. The number of aryl methyl sites for hydroxylation is 1. The van der Waals surface area contributed by atoms with Gasteiger partial charge in [-0.1, -0.05) is 27.7 Å². The molecular weight excluding hydrogens is 360 g/mol. The molecule has 0 bridgehead atoms. The Bertz CT molecular complexity index is 717. The van der Waals surface area contributed by atoms with Crippen LogP contribution in [0.25, 0.3) is 0 Å². The molecule has 1 heterocycles. The highest BCUT2D eigenvalue weighted by Crippen LogP contribution is 2.35. The second kappa shape index (κ2) is 7.82. The lowest BCUT2D eigenvalue weighted by atomic mass is 9.81. The average Bonchev–Trinajstić information content (AvgIpc) is 2.48. The van der Waals surface area contributed by atoms with Gasteiger partial charge in [-0.05, 0) is 47.9 Å². The number of hydrogen-bond acceptors (Lipinski definition) is 4. The van der Waals surface area contributed by atoms with E-state index in [-0.39, 0.29) is 29.8 Å². The fraction of sp³-hybridized carbons (Fsp3) is 0.667. The third kappa shape index (κ3) is 4.30. The minimum atomic E-state index is -3.55. The van der Waals surface area contributed by atoms with Crippen molar-refractivity contribution in [2.75, 3.05) is 20.2 Å². The van der Waals surface area contributed by atoms with Crippen LogP contribution in [0.2, 0.25) is 0 Å². The van der Waals surface area contributed by atoms with Crippen molar-refractivity contribution < 1.29 is 13.2 Å². The number of methoxy groups -OCH3 is 1. The molecule has 5 nitrogen and oxygen atoms in total. The maximum Gasteiger partial charge on any atom is 0.243 e. The van der Waals surface area contributed by atoms with E-state index >= 15 is 0 Å². The van der Waals surface area contributed by atoms with Crippen molar-refractivity contribution in [1.29, 1.82) is 0 Å². The van der Waals surface area contributed by atoms with Crippen LogP contribution in [0.3, 0.4) is 0 Å². The molecule has 25 heavy (non-hydrogen) atoms. The maximum atomic E-state index is 13.2.